The number of carbonyl (C=O) groups excluding carboxylic acids is 1. The molecule has 2 rings (SSSR count). The number of amides is 1. The van der Waals surface area contributed by atoms with Crippen molar-refractivity contribution in [2.75, 3.05) is 19.6 Å². The maximum Gasteiger partial charge on any atom is 0.234 e. The van der Waals surface area contributed by atoms with Gasteiger partial charge in [-0.05, 0) is 38.6 Å². The first kappa shape index (κ1) is 13.8. The lowest BCUT2D eigenvalue weighted by Crippen LogP contribution is -2.55. The summed E-state index contributed by atoms with van der Waals surface area (Å²) in [6.07, 6.45) is 8.20. The number of nitrogens with zero attached hydrogens (tertiary/aromatic N) is 1. The van der Waals surface area contributed by atoms with Crippen LogP contribution in [-0.2, 0) is 4.79 Å². The molecule has 0 aromatic heterocycles. The molecule has 2 aliphatic carbocycles. The molecule has 1 amide bonds. The van der Waals surface area contributed by atoms with E-state index in [0.29, 0.717) is 19.1 Å². The molecule has 0 radical (unpaired) electrons. The van der Waals surface area contributed by atoms with Crippen molar-refractivity contribution in [3.05, 3.63) is 0 Å². The van der Waals surface area contributed by atoms with Crippen LogP contribution in [0.15, 0.2) is 0 Å². The minimum absolute atomic E-state index is 0.0941. The highest BCUT2D eigenvalue weighted by atomic mass is 16.2. The molecule has 18 heavy (non-hydrogen) atoms. The first-order chi connectivity index (χ1) is 8.70. The van der Waals surface area contributed by atoms with Crippen LogP contribution in [0.1, 0.15) is 51.9 Å². The monoisotopic (exact) mass is 253 g/mol. The lowest BCUT2D eigenvalue weighted by molar-refractivity contribution is -0.124. The number of hydrogen-bond acceptors (Lipinski definition) is 3. The Kier molecular flexibility index (Phi) is 4.62. The van der Waals surface area contributed by atoms with E-state index in [1.54, 1.807) is 0 Å². The average Bonchev–Trinajstić information content (AvgIpc) is 3.03. The normalized spacial score (nSPS) is 22.4. The van der Waals surface area contributed by atoms with E-state index in [4.69, 9.17) is 5.73 Å². The third-order valence-corrected chi connectivity index (χ3v) is 4.36. The summed E-state index contributed by atoms with van der Waals surface area (Å²) in [7, 11) is 0. The Bertz CT molecular complexity index is 283. The van der Waals surface area contributed by atoms with E-state index >= 15 is 0 Å². The Hall–Kier alpha value is -0.610. The number of nitrogens with two attached hydrogens (primary N) is 1. The smallest absolute Gasteiger partial charge is 0.234 e. The van der Waals surface area contributed by atoms with Crippen LogP contribution in [0.4, 0.5) is 0 Å². The maximum atomic E-state index is 12.0. The van der Waals surface area contributed by atoms with Gasteiger partial charge in [0.05, 0.1) is 6.54 Å². The van der Waals surface area contributed by atoms with Gasteiger partial charge in [-0.1, -0.05) is 19.8 Å². The van der Waals surface area contributed by atoms with Gasteiger partial charge in [-0.25, -0.2) is 0 Å². The Labute approximate surface area is 110 Å². The van der Waals surface area contributed by atoms with Gasteiger partial charge in [0.15, 0.2) is 0 Å². The SMILES string of the molecule is CCCN(CC(=O)NC1CC1)C1(CN)CCCC1. The van der Waals surface area contributed by atoms with Crippen molar-refractivity contribution in [1.82, 2.24) is 10.2 Å². The summed E-state index contributed by atoms with van der Waals surface area (Å²) < 4.78 is 0. The van der Waals surface area contributed by atoms with Gasteiger partial charge >= 0.3 is 0 Å². The van der Waals surface area contributed by atoms with Gasteiger partial charge in [-0.15, -0.1) is 0 Å². The van der Waals surface area contributed by atoms with Crippen molar-refractivity contribution >= 4 is 5.91 Å². The van der Waals surface area contributed by atoms with Crippen molar-refractivity contribution in [3.8, 4) is 0 Å². The summed E-state index contributed by atoms with van der Waals surface area (Å²) in [6.45, 7) is 4.37. The second-order valence-electron chi connectivity index (χ2n) is 5.90. The predicted octanol–water partition coefficient (Wildman–Crippen LogP) is 1.25. The van der Waals surface area contributed by atoms with Crippen molar-refractivity contribution in [3.63, 3.8) is 0 Å². The Morgan fingerprint density at radius 1 is 1.39 bits per heavy atom. The van der Waals surface area contributed by atoms with Crippen LogP contribution in [0.2, 0.25) is 0 Å². The predicted molar refractivity (Wildman–Crippen MR) is 73.3 cm³/mol. The summed E-state index contributed by atoms with van der Waals surface area (Å²) in [5.41, 5.74) is 6.11. The minimum Gasteiger partial charge on any atom is -0.352 e. The molecule has 2 aliphatic rings. The van der Waals surface area contributed by atoms with Crippen LogP contribution in [0.25, 0.3) is 0 Å². The Morgan fingerprint density at radius 2 is 2.06 bits per heavy atom. The van der Waals surface area contributed by atoms with Gasteiger partial charge in [0.2, 0.25) is 5.91 Å². The second-order valence-corrected chi connectivity index (χ2v) is 5.90. The van der Waals surface area contributed by atoms with Gasteiger partial charge in [0.25, 0.3) is 0 Å². The quantitative estimate of drug-likeness (QED) is 0.718. The molecule has 4 nitrogen and oxygen atoms in total. The van der Waals surface area contributed by atoms with Gasteiger partial charge in [0, 0.05) is 18.1 Å². The maximum absolute atomic E-state index is 12.0. The highest BCUT2D eigenvalue weighted by Gasteiger charge is 2.39. The van der Waals surface area contributed by atoms with Crippen LogP contribution in [0, 0.1) is 0 Å². The Morgan fingerprint density at radius 3 is 2.56 bits per heavy atom. The largest absolute Gasteiger partial charge is 0.352 e. The van der Waals surface area contributed by atoms with E-state index in [1.165, 1.54) is 12.8 Å². The fourth-order valence-corrected chi connectivity index (χ4v) is 3.11. The molecule has 104 valence electrons. The van der Waals surface area contributed by atoms with Crippen molar-refractivity contribution in [1.29, 1.82) is 0 Å². The van der Waals surface area contributed by atoms with Gasteiger partial charge in [0.1, 0.15) is 0 Å². The lowest BCUT2D eigenvalue weighted by atomic mass is 9.94. The first-order valence-corrected chi connectivity index (χ1v) is 7.44. The second kappa shape index (κ2) is 6.02. The molecule has 0 aromatic rings. The van der Waals surface area contributed by atoms with E-state index in [1.807, 2.05) is 0 Å². The molecule has 0 aliphatic heterocycles. The van der Waals surface area contributed by atoms with E-state index in [2.05, 4.69) is 17.1 Å². The number of nitrogens with one attached hydrogen (secondary N) is 1. The molecule has 3 N–H and O–H groups in total. The first-order valence-electron chi connectivity index (χ1n) is 7.44. The van der Waals surface area contributed by atoms with Crippen LogP contribution in [-0.4, -0.2) is 42.0 Å². The zero-order valence-corrected chi connectivity index (χ0v) is 11.6. The van der Waals surface area contributed by atoms with E-state index < -0.39 is 0 Å². The molecule has 0 heterocycles. The van der Waals surface area contributed by atoms with Crippen molar-refractivity contribution in [2.45, 2.75) is 63.5 Å². The molecule has 0 saturated heterocycles. The third kappa shape index (κ3) is 3.23. The topological polar surface area (TPSA) is 58.4 Å². The van der Waals surface area contributed by atoms with E-state index in [-0.39, 0.29) is 11.4 Å². The molecule has 0 unspecified atom stereocenters. The van der Waals surface area contributed by atoms with Gasteiger partial charge in [-0.2, -0.15) is 0 Å². The summed E-state index contributed by atoms with van der Waals surface area (Å²) in [5, 5.41) is 3.09. The molecule has 0 atom stereocenters. The van der Waals surface area contributed by atoms with Crippen molar-refractivity contribution < 1.29 is 4.79 Å². The van der Waals surface area contributed by atoms with E-state index in [9.17, 15) is 4.79 Å². The Balaban J connectivity index is 1.94. The van der Waals surface area contributed by atoms with Crippen LogP contribution in [0.5, 0.6) is 0 Å². The van der Waals surface area contributed by atoms with Crippen molar-refractivity contribution in [2.24, 2.45) is 5.73 Å². The summed E-state index contributed by atoms with van der Waals surface area (Å²) in [4.78, 5) is 14.3. The highest BCUT2D eigenvalue weighted by molar-refractivity contribution is 5.78. The third-order valence-electron chi connectivity index (χ3n) is 4.36. The molecule has 2 fully saturated rings. The van der Waals surface area contributed by atoms with E-state index in [0.717, 1.165) is 38.6 Å². The zero-order valence-electron chi connectivity index (χ0n) is 11.6. The molecule has 0 bridgehead atoms. The number of rotatable bonds is 7. The fraction of sp³-hybridized carbons (Fsp3) is 0.929. The van der Waals surface area contributed by atoms with Gasteiger partial charge < -0.3 is 11.1 Å². The average molecular weight is 253 g/mol. The van der Waals surface area contributed by atoms with Crippen LogP contribution in [0.3, 0.4) is 0 Å². The van der Waals surface area contributed by atoms with Crippen LogP contribution < -0.4 is 11.1 Å². The molecular weight excluding hydrogens is 226 g/mol. The molecule has 0 aromatic carbocycles. The summed E-state index contributed by atoms with van der Waals surface area (Å²) in [6, 6.07) is 0.457. The summed E-state index contributed by atoms with van der Waals surface area (Å²) in [5.74, 6) is 0.186. The van der Waals surface area contributed by atoms with Gasteiger partial charge in [-0.3, -0.25) is 9.69 Å². The molecule has 0 spiro atoms. The molecular formula is C14H27N3O. The lowest BCUT2D eigenvalue weighted by Gasteiger charge is -2.40. The number of carbonyl (C=O) groups is 1. The molecule has 2 saturated carbocycles. The highest BCUT2D eigenvalue weighted by Crippen LogP contribution is 2.34. The fourth-order valence-electron chi connectivity index (χ4n) is 3.11. The minimum atomic E-state index is 0.0941. The number of hydrogen-bond donors (Lipinski definition) is 2. The van der Waals surface area contributed by atoms with Crippen LogP contribution >= 0.6 is 0 Å². The summed E-state index contributed by atoms with van der Waals surface area (Å²) >= 11 is 0. The molecule has 4 heteroatoms. The standard InChI is InChI=1S/C14H27N3O/c1-2-9-17(10-13(18)16-12-5-6-12)14(11-15)7-3-4-8-14/h12H,2-11,15H2,1H3,(H,16,18). The zero-order chi connectivity index (χ0) is 13.0.